The number of amides is 2. The van der Waals surface area contributed by atoms with Crippen LogP contribution in [0.2, 0.25) is 0 Å². The number of hydrogen-bond acceptors (Lipinski definition) is 5. The highest BCUT2D eigenvalue weighted by atomic mass is 16.5. The third-order valence-electron chi connectivity index (χ3n) is 3.52. The number of carbonyl (C=O) groups excluding carboxylic acids is 2. The van der Waals surface area contributed by atoms with Crippen molar-refractivity contribution >= 4 is 23.2 Å². The van der Waals surface area contributed by atoms with Crippen molar-refractivity contribution in [3.05, 3.63) is 42.0 Å². The average molecular weight is 344 g/mol. The van der Waals surface area contributed by atoms with E-state index in [1.807, 2.05) is 19.1 Å². The molecule has 2 N–H and O–H groups in total. The van der Waals surface area contributed by atoms with Crippen LogP contribution in [0.4, 0.5) is 11.4 Å². The van der Waals surface area contributed by atoms with Crippen molar-refractivity contribution in [1.82, 2.24) is 0 Å². The maximum absolute atomic E-state index is 12.1. The fourth-order valence-electron chi connectivity index (χ4n) is 2.23. The second-order valence-corrected chi connectivity index (χ2v) is 5.14. The molecule has 0 saturated heterocycles. The SMILES string of the molecule is COc1cc(NC(=O)C(=O)Nc2ccccc2C)cc(OC)c1OC. The Balaban J connectivity index is 2.17. The van der Waals surface area contributed by atoms with E-state index in [0.29, 0.717) is 28.6 Å². The topological polar surface area (TPSA) is 85.9 Å². The molecule has 0 bridgehead atoms. The minimum absolute atomic E-state index is 0.347. The molecule has 2 aromatic carbocycles. The van der Waals surface area contributed by atoms with Gasteiger partial charge < -0.3 is 24.8 Å². The minimum atomic E-state index is -0.808. The number of anilines is 2. The summed E-state index contributed by atoms with van der Waals surface area (Å²) in [5.74, 6) is -0.444. The second kappa shape index (κ2) is 8.05. The van der Waals surface area contributed by atoms with E-state index in [-0.39, 0.29) is 0 Å². The molecule has 0 aliphatic carbocycles. The predicted molar refractivity (Wildman–Crippen MR) is 94.5 cm³/mol. The van der Waals surface area contributed by atoms with Gasteiger partial charge in [0.05, 0.1) is 21.3 Å². The summed E-state index contributed by atoms with van der Waals surface area (Å²) in [6.45, 7) is 1.84. The Morgan fingerprint density at radius 1 is 0.840 bits per heavy atom. The van der Waals surface area contributed by atoms with Crippen molar-refractivity contribution in [2.24, 2.45) is 0 Å². The van der Waals surface area contributed by atoms with Gasteiger partial charge in [-0.2, -0.15) is 0 Å². The number of ether oxygens (including phenoxy) is 3. The number of methoxy groups -OCH3 is 3. The van der Waals surface area contributed by atoms with Crippen LogP contribution in [0.1, 0.15) is 5.56 Å². The Morgan fingerprint density at radius 3 is 1.92 bits per heavy atom. The number of hydrogen-bond donors (Lipinski definition) is 2. The molecule has 7 heteroatoms. The Labute approximate surface area is 145 Å². The summed E-state index contributed by atoms with van der Waals surface area (Å²) in [4.78, 5) is 24.2. The fraction of sp³-hybridized carbons (Fsp3) is 0.222. The summed E-state index contributed by atoms with van der Waals surface area (Å²) in [6.07, 6.45) is 0. The Kier molecular flexibility index (Phi) is 5.84. The molecule has 0 aromatic heterocycles. The van der Waals surface area contributed by atoms with Crippen LogP contribution in [-0.4, -0.2) is 33.1 Å². The molecule has 0 aliphatic heterocycles. The number of nitrogens with one attached hydrogen (secondary N) is 2. The third-order valence-corrected chi connectivity index (χ3v) is 3.52. The quantitative estimate of drug-likeness (QED) is 0.814. The molecule has 0 heterocycles. The van der Waals surface area contributed by atoms with Gasteiger partial charge >= 0.3 is 11.8 Å². The highest BCUT2D eigenvalue weighted by molar-refractivity contribution is 6.43. The van der Waals surface area contributed by atoms with Crippen LogP contribution in [0.15, 0.2) is 36.4 Å². The van der Waals surface area contributed by atoms with Gasteiger partial charge in [-0.3, -0.25) is 9.59 Å². The van der Waals surface area contributed by atoms with Crippen molar-refractivity contribution in [1.29, 1.82) is 0 Å². The molecule has 25 heavy (non-hydrogen) atoms. The summed E-state index contributed by atoms with van der Waals surface area (Å²) in [7, 11) is 4.41. The van der Waals surface area contributed by atoms with E-state index in [4.69, 9.17) is 14.2 Å². The largest absolute Gasteiger partial charge is 0.493 e. The smallest absolute Gasteiger partial charge is 0.314 e. The monoisotopic (exact) mass is 344 g/mol. The first-order chi connectivity index (χ1) is 12.0. The molecule has 0 radical (unpaired) electrons. The van der Waals surface area contributed by atoms with E-state index in [1.54, 1.807) is 24.3 Å². The average Bonchev–Trinajstić information content (AvgIpc) is 2.62. The van der Waals surface area contributed by atoms with Gasteiger partial charge in [0.15, 0.2) is 11.5 Å². The Bertz CT molecular complexity index is 764. The molecule has 2 amide bonds. The number of aryl methyl sites for hydroxylation is 1. The number of benzene rings is 2. The van der Waals surface area contributed by atoms with Crippen LogP contribution < -0.4 is 24.8 Å². The lowest BCUT2D eigenvalue weighted by Gasteiger charge is -2.14. The molecule has 2 aromatic rings. The van der Waals surface area contributed by atoms with Gasteiger partial charge in [0.1, 0.15) is 0 Å². The van der Waals surface area contributed by atoms with Crippen molar-refractivity contribution in [2.45, 2.75) is 6.92 Å². The van der Waals surface area contributed by atoms with E-state index in [9.17, 15) is 9.59 Å². The first-order valence-corrected chi connectivity index (χ1v) is 7.48. The minimum Gasteiger partial charge on any atom is -0.493 e. The number of rotatable bonds is 5. The zero-order valence-corrected chi connectivity index (χ0v) is 14.5. The zero-order chi connectivity index (χ0) is 18.4. The van der Waals surface area contributed by atoms with Crippen molar-refractivity contribution in [3.8, 4) is 17.2 Å². The highest BCUT2D eigenvalue weighted by Crippen LogP contribution is 2.39. The molecular weight excluding hydrogens is 324 g/mol. The molecule has 132 valence electrons. The maximum Gasteiger partial charge on any atom is 0.314 e. The first kappa shape index (κ1) is 18.1. The van der Waals surface area contributed by atoms with Crippen LogP contribution in [0.3, 0.4) is 0 Å². The van der Waals surface area contributed by atoms with E-state index >= 15 is 0 Å². The van der Waals surface area contributed by atoms with Crippen molar-refractivity contribution in [3.63, 3.8) is 0 Å². The highest BCUT2D eigenvalue weighted by Gasteiger charge is 2.18. The van der Waals surface area contributed by atoms with Gasteiger partial charge in [0, 0.05) is 23.5 Å². The third kappa shape index (κ3) is 4.20. The zero-order valence-electron chi connectivity index (χ0n) is 14.5. The normalized spacial score (nSPS) is 9.92. The molecule has 0 atom stereocenters. The van der Waals surface area contributed by atoms with Crippen LogP contribution in [0.25, 0.3) is 0 Å². The van der Waals surface area contributed by atoms with E-state index in [1.165, 1.54) is 21.3 Å². The standard InChI is InChI=1S/C18H20N2O5/c1-11-7-5-6-8-13(11)20-18(22)17(21)19-12-9-14(23-2)16(25-4)15(10-12)24-3/h5-10H,1-4H3,(H,19,21)(H,20,22). The lowest BCUT2D eigenvalue weighted by atomic mass is 10.2. The Morgan fingerprint density at radius 2 is 1.40 bits per heavy atom. The predicted octanol–water partition coefficient (Wildman–Crippen LogP) is 2.60. The molecule has 0 saturated carbocycles. The van der Waals surface area contributed by atoms with Crippen molar-refractivity contribution in [2.75, 3.05) is 32.0 Å². The molecule has 7 nitrogen and oxygen atoms in total. The number of para-hydroxylation sites is 1. The molecule has 0 fully saturated rings. The summed E-state index contributed by atoms with van der Waals surface area (Å²) in [6, 6.07) is 10.3. The first-order valence-electron chi connectivity index (χ1n) is 7.48. The molecular formula is C18H20N2O5. The second-order valence-electron chi connectivity index (χ2n) is 5.14. The maximum atomic E-state index is 12.1. The van der Waals surface area contributed by atoms with E-state index in [0.717, 1.165) is 5.56 Å². The lowest BCUT2D eigenvalue weighted by Crippen LogP contribution is -2.29. The summed E-state index contributed by atoms with van der Waals surface area (Å²) in [5, 5.41) is 5.09. The van der Waals surface area contributed by atoms with E-state index in [2.05, 4.69) is 10.6 Å². The summed E-state index contributed by atoms with van der Waals surface area (Å²) < 4.78 is 15.6. The van der Waals surface area contributed by atoms with E-state index < -0.39 is 11.8 Å². The van der Waals surface area contributed by atoms with Gasteiger partial charge in [0.2, 0.25) is 5.75 Å². The van der Waals surface area contributed by atoms with Gasteiger partial charge in [-0.25, -0.2) is 0 Å². The Hall–Kier alpha value is -3.22. The van der Waals surface area contributed by atoms with Gasteiger partial charge in [-0.15, -0.1) is 0 Å². The van der Waals surface area contributed by atoms with Crippen LogP contribution in [0, 0.1) is 6.92 Å². The molecule has 0 unspecified atom stereocenters. The van der Waals surface area contributed by atoms with Crippen LogP contribution in [-0.2, 0) is 9.59 Å². The number of carbonyl (C=O) groups is 2. The summed E-state index contributed by atoms with van der Waals surface area (Å²) >= 11 is 0. The van der Waals surface area contributed by atoms with Crippen LogP contribution in [0.5, 0.6) is 17.2 Å². The van der Waals surface area contributed by atoms with Crippen molar-refractivity contribution < 1.29 is 23.8 Å². The van der Waals surface area contributed by atoms with Gasteiger partial charge in [-0.1, -0.05) is 18.2 Å². The van der Waals surface area contributed by atoms with Crippen LogP contribution >= 0.6 is 0 Å². The summed E-state index contributed by atoms with van der Waals surface area (Å²) in [5.41, 5.74) is 1.78. The molecule has 0 spiro atoms. The molecule has 2 rings (SSSR count). The lowest BCUT2D eigenvalue weighted by molar-refractivity contribution is -0.133. The fourth-order valence-corrected chi connectivity index (χ4v) is 2.23. The molecule has 0 aliphatic rings. The van der Waals surface area contributed by atoms with Gasteiger partial charge in [0.25, 0.3) is 0 Å². The van der Waals surface area contributed by atoms with Gasteiger partial charge in [-0.05, 0) is 18.6 Å².